The maximum atomic E-state index is 11.3. The smallest absolute Gasteiger partial charge is 0.338 e. The fraction of sp³-hybridized carbons (Fsp3) is 0.429. The first-order valence-corrected chi connectivity index (χ1v) is 6.15. The van der Waals surface area contributed by atoms with Crippen LogP contribution in [0.2, 0.25) is 0 Å². The minimum absolute atomic E-state index is 0.0242. The van der Waals surface area contributed by atoms with Crippen molar-refractivity contribution >= 4 is 11.8 Å². The van der Waals surface area contributed by atoms with Crippen molar-refractivity contribution in [2.45, 2.75) is 27.2 Å². The van der Waals surface area contributed by atoms with Crippen LogP contribution in [0.5, 0.6) is 0 Å². The molecule has 0 saturated heterocycles. The quantitative estimate of drug-likeness (QED) is 0.812. The Morgan fingerprint density at radius 1 is 1.17 bits per heavy atom. The number of carbonyl (C=O) groups is 2. The second-order valence-electron chi connectivity index (χ2n) is 3.34. The Balaban J connectivity index is 0.00000137. The first-order valence-electron chi connectivity index (χ1n) is 6.15. The van der Waals surface area contributed by atoms with Gasteiger partial charge in [-0.2, -0.15) is 0 Å². The van der Waals surface area contributed by atoms with Gasteiger partial charge in [0.25, 0.3) is 0 Å². The van der Waals surface area contributed by atoms with E-state index in [-0.39, 0.29) is 18.3 Å². The molecule has 4 heteroatoms. The third-order valence-corrected chi connectivity index (χ3v) is 2.09. The zero-order chi connectivity index (χ0) is 14.0. The average molecular weight is 251 g/mol. The second-order valence-corrected chi connectivity index (χ2v) is 3.34. The Morgan fingerprint density at radius 3 is 2.17 bits per heavy atom. The van der Waals surface area contributed by atoms with E-state index in [2.05, 4.69) is 0 Å². The summed E-state index contributed by atoms with van der Waals surface area (Å²) in [4.78, 5) is 22.4. The van der Waals surface area contributed by atoms with Gasteiger partial charge in [0.15, 0.2) is 5.78 Å². The molecule has 0 bridgehead atoms. The maximum Gasteiger partial charge on any atom is 0.338 e. The van der Waals surface area contributed by atoms with Crippen molar-refractivity contribution in [3.63, 3.8) is 0 Å². The molecule has 4 nitrogen and oxygen atoms in total. The lowest BCUT2D eigenvalue weighted by Gasteiger charge is -2.03. The molecule has 0 saturated carbocycles. The molecule has 0 heterocycles. The van der Waals surface area contributed by atoms with E-state index in [1.165, 1.54) is 0 Å². The summed E-state index contributed by atoms with van der Waals surface area (Å²) in [6.07, 6.45) is 0.305. The van der Waals surface area contributed by atoms with E-state index in [1.54, 1.807) is 31.2 Å². The Hall–Kier alpha value is -1.68. The van der Waals surface area contributed by atoms with Gasteiger partial charge in [0.05, 0.1) is 18.7 Å². The van der Waals surface area contributed by atoms with Gasteiger partial charge in [-0.1, -0.05) is 26.0 Å². The lowest BCUT2D eigenvalue weighted by atomic mass is 10.1. The number of Topliss-reactive ketones (excluding diaryl/α,β-unsaturated/α-hetero) is 1. The molecule has 18 heavy (non-hydrogen) atoms. The molecule has 0 aliphatic heterocycles. The lowest BCUT2D eigenvalue weighted by Crippen LogP contribution is -2.15. The SMILES string of the molecule is CC.CCOC(=O)c1ccc(CC(=O)CN)cc1. The maximum absolute atomic E-state index is 11.3. The predicted octanol–water partition coefficient (Wildman–Crippen LogP) is 1.96. The van der Waals surface area contributed by atoms with Crippen molar-refractivity contribution in [3.8, 4) is 0 Å². The van der Waals surface area contributed by atoms with Crippen LogP contribution in [-0.4, -0.2) is 24.9 Å². The molecule has 0 unspecified atom stereocenters. The van der Waals surface area contributed by atoms with Gasteiger partial charge in [-0.25, -0.2) is 4.79 Å². The number of ether oxygens (including phenoxy) is 1. The molecule has 1 rings (SSSR count). The van der Waals surface area contributed by atoms with Crippen LogP contribution in [0.25, 0.3) is 0 Å². The van der Waals surface area contributed by atoms with E-state index < -0.39 is 0 Å². The van der Waals surface area contributed by atoms with Gasteiger partial charge in [-0.05, 0) is 24.6 Å². The van der Waals surface area contributed by atoms with E-state index >= 15 is 0 Å². The molecule has 0 spiro atoms. The van der Waals surface area contributed by atoms with Crippen molar-refractivity contribution in [1.82, 2.24) is 0 Å². The third-order valence-electron chi connectivity index (χ3n) is 2.09. The van der Waals surface area contributed by atoms with E-state index in [0.29, 0.717) is 18.6 Å². The van der Waals surface area contributed by atoms with Gasteiger partial charge >= 0.3 is 5.97 Å². The highest BCUT2D eigenvalue weighted by Crippen LogP contribution is 2.06. The monoisotopic (exact) mass is 251 g/mol. The Bertz CT molecular complexity index is 371. The molecule has 1 aromatic rings. The minimum Gasteiger partial charge on any atom is -0.462 e. The number of nitrogens with two attached hydrogens (primary N) is 1. The van der Waals surface area contributed by atoms with E-state index in [9.17, 15) is 9.59 Å². The summed E-state index contributed by atoms with van der Waals surface area (Å²) in [5, 5.41) is 0. The number of esters is 1. The summed E-state index contributed by atoms with van der Waals surface area (Å²) in [5.74, 6) is -0.372. The zero-order valence-electron chi connectivity index (χ0n) is 11.2. The summed E-state index contributed by atoms with van der Waals surface area (Å²) in [5.41, 5.74) is 6.56. The highest BCUT2D eigenvalue weighted by molar-refractivity contribution is 5.89. The van der Waals surface area contributed by atoms with Gasteiger partial charge in [-0.15, -0.1) is 0 Å². The number of hydrogen-bond donors (Lipinski definition) is 1. The molecule has 0 aliphatic carbocycles. The Morgan fingerprint density at radius 2 is 1.72 bits per heavy atom. The number of benzene rings is 1. The molecule has 0 aromatic heterocycles. The van der Waals surface area contributed by atoms with Crippen molar-refractivity contribution in [3.05, 3.63) is 35.4 Å². The van der Waals surface area contributed by atoms with Gasteiger partial charge in [0, 0.05) is 6.42 Å². The molecule has 0 amide bonds. The number of rotatable bonds is 5. The van der Waals surface area contributed by atoms with E-state index in [1.807, 2.05) is 13.8 Å². The molecule has 0 aliphatic rings. The second kappa shape index (κ2) is 9.36. The van der Waals surface area contributed by atoms with Crippen LogP contribution in [-0.2, 0) is 16.0 Å². The number of ketones is 1. The van der Waals surface area contributed by atoms with Crippen LogP contribution < -0.4 is 5.73 Å². The van der Waals surface area contributed by atoms with Crippen LogP contribution >= 0.6 is 0 Å². The highest BCUT2D eigenvalue weighted by Gasteiger charge is 2.06. The largest absolute Gasteiger partial charge is 0.462 e. The fourth-order valence-corrected chi connectivity index (χ4v) is 1.27. The first kappa shape index (κ1) is 16.3. The molecule has 0 fully saturated rings. The molecule has 100 valence electrons. The van der Waals surface area contributed by atoms with Crippen LogP contribution in [0, 0.1) is 0 Å². The third kappa shape index (κ3) is 5.59. The van der Waals surface area contributed by atoms with Crippen molar-refractivity contribution in [2.75, 3.05) is 13.2 Å². The molecule has 1 aromatic carbocycles. The summed E-state index contributed by atoms with van der Waals surface area (Å²) in [7, 11) is 0. The van der Waals surface area contributed by atoms with E-state index in [0.717, 1.165) is 5.56 Å². The zero-order valence-corrected chi connectivity index (χ0v) is 11.2. The molecular formula is C14H21NO3. The van der Waals surface area contributed by atoms with Gasteiger partial charge in [0.2, 0.25) is 0 Å². The average Bonchev–Trinajstić information content (AvgIpc) is 2.42. The van der Waals surface area contributed by atoms with Gasteiger partial charge in [-0.3, -0.25) is 4.79 Å². The fourth-order valence-electron chi connectivity index (χ4n) is 1.27. The molecule has 0 radical (unpaired) electrons. The number of carbonyl (C=O) groups excluding carboxylic acids is 2. The minimum atomic E-state index is -0.348. The lowest BCUT2D eigenvalue weighted by molar-refractivity contribution is -0.117. The number of hydrogen-bond acceptors (Lipinski definition) is 4. The van der Waals surface area contributed by atoms with Gasteiger partial charge < -0.3 is 10.5 Å². The predicted molar refractivity (Wildman–Crippen MR) is 71.5 cm³/mol. The van der Waals surface area contributed by atoms with E-state index in [4.69, 9.17) is 10.5 Å². The van der Waals surface area contributed by atoms with Crippen molar-refractivity contribution in [2.24, 2.45) is 5.73 Å². The van der Waals surface area contributed by atoms with Crippen LogP contribution in [0.1, 0.15) is 36.7 Å². The summed E-state index contributed by atoms with van der Waals surface area (Å²) < 4.78 is 4.84. The molecule has 0 atom stereocenters. The summed E-state index contributed by atoms with van der Waals surface area (Å²) >= 11 is 0. The van der Waals surface area contributed by atoms with Gasteiger partial charge in [0.1, 0.15) is 0 Å². The normalized spacial score (nSPS) is 9.11. The summed E-state index contributed by atoms with van der Waals surface area (Å²) in [6, 6.07) is 6.77. The Kier molecular flexibility index (Phi) is 8.49. The topological polar surface area (TPSA) is 69.4 Å². The highest BCUT2D eigenvalue weighted by atomic mass is 16.5. The van der Waals surface area contributed by atoms with Crippen molar-refractivity contribution in [1.29, 1.82) is 0 Å². The van der Waals surface area contributed by atoms with Crippen LogP contribution in [0.15, 0.2) is 24.3 Å². The molecule has 2 N–H and O–H groups in total. The standard InChI is InChI=1S/C12H15NO3.C2H6/c1-2-16-12(15)10-5-3-9(4-6-10)7-11(14)8-13;1-2/h3-6H,2,7-8,13H2,1H3;1-2H3. The Labute approximate surface area is 108 Å². The van der Waals surface area contributed by atoms with Crippen LogP contribution in [0.3, 0.4) is 0 Å². The van der Waals surface area contributed by atoms with Crippen LogP contribution in [0.4, 0.5) is 0 Å². The first-order chi connectivity index (χ1) is 8.67. The molecular weight excluding hydrogens is 230 g/mol. The summed E-state index contributed by atoms with van der Waals surface area (Å²) in [6.45, 7) is 6.15. The van der Waals surface area contributed by atoms with Crippen molar-refractivity contribution < 1.29 is 14.3 Å².